The normalized spacial score (nSPS) is 16.5. The highest BCUT2D eigenvalue weighted by Gasteiger charge is 2.45. The molecule has 238 valence electrons. The summed E-state index contributed by atoms with van der Waals surface area (Å²) in [7, 11) is 0. The number of piperidine rings is 1. The lowest BCUT2D eigenvalue weighted by molar-refractivity contribution is -0.138. The maximum Gasteiger partial charge on any atom is 0.303 e. The van der Waals surface area contributed by atoms with Gasteiger partial charge in [-0.1, -0.05) is 12.5 Å². The number of hydrogen-bond donors (Lipinski definition) is 3. The summed E-state index contributed by atoms with van der Waals surface area (Å²) in [5.41, 5.74) is 1.09. The molecule has 1 fully saturated rings. The number of nitrogens with zero attached hydrogens (tertiary/aromatic N) is 1. The van der Waals surface area contributed by atoms with Gasteiger partial charge in [0.25, 0.3) is 11.8 Å². The second-order valence-electron chi connectivity index (χ2n) is 10.8. The van der Waals surface area contributed by atoms with Gasteiger partial charge in [0, 0.05) is 64.7 Å². The number of unbranched alkanes of at least 4 members (excludes halogenated alkanes) is 5. The van der Waals surface area contributed by atoms with Crippen LogP contribution in [0.2, 0.25) is 0 Å². The average Bonchev–Trinajstić information content (AvgIpc) is 3.23. The van der Waals surface area contributed by atoms with Crippen LogP contribution in [0.4, 0.5) is 5.69 Å². The largest absolute Gasteiger partial charge is 0.481 e. The van der Waals surface area contributed by atoms with Crippen LogP contribution in [0, 0.1) is 0 Å². The van der Waals surface area contributed by atoms with E-state index in [1.165, 1.54) is 0 Å². The Morgan fingerprint density at radius 1 is 0.814 bits per heavy atom. The molecule has 1 unspecified atom stereocenters. The third-order valence-corrected chi connectivity index (χ3v) is 7.33. The van der Waals surface area contributed by atoms with E-state index < -0.39 is 35.6 Å². The monoisotopic (exact) mass is 603 g/mol. The molecule has 0 bridgehead atoms. The first kappa shape index (κ1) is 34.1. The first-order chi connectivity index (χ1) is 20.9. The molecule has 3 N–H and O–H groups in total. The van der Waals surface area contributed by atoms with Gasteiger partial charge < -0.3 is 24.6 Å². The number of rotatable bonds is 23. The van der Waals surface area contributed by atoms with Gasteiger partial charge in [-0.2, -0.15) is 0 Å². The average molecular weight is 604 g/mol. The summed E-state index contributed by atoms with van der Waals surface area (Å²) in [5, 5.41) is 14.0. The highest BCUT2D eigenvalue weighted by atomic mass is 16.5. The van der Waals surface area contributed by atoms with Gasteiger partial charge >= 0.3 is 5.97 Å². The fourth-order valence-corrected chi connectivity index (χ4v) is 4.99. The molecule has 4 amide bonds. The Kier molecular flexibility index (Phi) is 15.1. The molecule has 43 heavy (non-hydrogen) atoms. The van der Waals surface area contributed by atoms with Crippen molar-refractivity contribution in [2.75, 3.05) is 51.5 Å². The summed E-state index contributed by atoms with van der Waals surface area (Å²) < 4.78 is 16.9. The second-order valence-corrected chi connectivity index (χ2v) is 10.8. The van der Waals surface area contributed by atoms with Crippen molar-refractivity contribution in [3.63, 3.8) is 0 Å². The molecule has 0 spiro atoms. The quantitative estimate of drug-likeness (QED) is 0.125. The number of carbonyl (C=O) groups is 5. The van der Waals surface area contributed by atoms with Crippen LogP contribution in [0.1, 0.15) is 97.8 Å². The predicted octanol–water partition coefficient (Wildman–Crippen LogP) is 3.54. The summed E-state index contributed by atoms with van der Waals surface area (Å²) in [5.74, 6) is -2.79. The van der Waals surface area contributed by atoms with Gasteiger partial charge in [0.05, 0.1) is 11.1 Å². The number of imide groups is 2. The first-order valence-corrected chi connectivity index (χ1v) is 15.4. The topological polar surface area (TPSA) is 161 Å². The van der Waals surface area contributed by atoms with E-state index in [2.05, 4.69) is 10.6 Å². The van der Waals surface area contributed by atoms with E-state index in [0.717, 1.165) is 62.9 Å². The summed E-state index contributed by atoms with van der Waals surface area (Å²) in [6, 6.07) is 4.06. The minimum Gasteiger partial charge on any atom is -0.481 e. The number of carboxylic acid groups (broad SMARTS) is 1. The van der Waals surface area contributed by atoms with Gasteiger partial charge in [0.1, 0.15) is 6.04 Å². The van der Waals surface area contributed by atoms with E-state index in [4.69, 9.17) is 19.3 Å². The van der Waals surface area contributed by atoms with Gasteiger partial charge in [-0.25, -0.2) is 0 Å². The van der Waals surface area contributed by atoms with Crippen LogP contribution in [0.15, 0.2) is 18.2 Å². The van der Waals surface area contributed by atoms with E-state index in [0.29, 0.717) is 51.7 Å². The molecule has 3 rings (SSSR count). The lowest BCUT2D eigenvalue weighted by Crippen LogP contribution is -2.54. The van der Waals surface area contributed by atoms with Crippen molar-refractivity contribution in [3.05, 3.63) is 29.3 Å². The molecule has 1 saturated heterocycles. The second kappa shape index (κ2) is 19.0. The molecule has 0 saturated carbocycles. The van der Waals surface area contributed by atoms with E-state index in [1.54, 1.807) is 18.2 Å². The molecule has 0 aliphatic carbocycles. The number of benzene rings is 1. The number of amides is 4. The molecular formula is C31H45N3O9. The SMILES string of the molecule is O=C(O)CCCCCOCCCCOCCCCOCCCCNc1cccc2c1C(=O)N(C1CCC(=O)NC1=O)C2=O. The number of fused-ring (bicyclic) bond motifs is 1. The van der Waals surface area contributed by atoms with E-state index >= 15 is 0 Å². The number of hydrogen-bond acceptors (Lipinski definition) is 9. The summed E-state index contributed by atoms with van der Waals surface area (Å²) in [6.07, 6.45) is 8.38. The molecular weight excluding hydrogens is 558 g/mol. The third-order valence-electron chi connectivity index (χ3n) is 7.33. The Labute approximate surface area is 252 Å². The highest BCUT2D eigenvalue weighted by molar-refractivity contribution is 6.25. The fourth-order valence-electron chi connectivity index (χ4n) is 4.99. The summed E-state index contributed by atoms with van der Waals surface area (Å²) in [6.45, 7) is 4.73. The van der Waals surface area contributed by atoms with E-state index in [-0.39, 0.29) is 30.4 Å². The minimum atomic E-state index is -0.979. The molecule has 2 aliphatic heterocycles. The molecule has 1 aromatic carbocycles. The van der Waals surface area contributed by atoms with Crippen LogP contribution < -0.4 is 10.6 Å². The van der Waals surface area contributed by atoms with Gasteiger partial charge in [-0.05, 0) is 69.9 Å². The van der Waals surface area contributed by atoms with Crippen molar-refractivity contribution in [1.82, 2.24) is 10.2 Å². The Hall–Kier alpha value is -3.35. The lowest BCUT2D eigenvalue weighted by atomic mass is 10.0. The maximum absolute atomic E-state index is 13.1. The Bertz CT molecular complexity index is 1090. The van der Waals surface area contributed by atoms with Crippen molar-refractivity contribution in [3.8, 4) is 0 Å². The zero-order chi connectivity index (χ0) is 30.9. The number of carboxylic acids is 1. The van der Waals surface area contributed by atoms with Crippen molar-refractivity contribution in [1.29, 1.82) is 0 Å². The van der Waals surface area contributed by atoms with Crippen LogP contribution in [0.5, 0.6) is 0 Å². The van der Waals surface area contributed by atoms with Crippen molar-refractivity contribution in [2.45, 2.75) is 83.1 Å². The zero-order valence-electron chi connectivity index (χ0n) is 24.9. The van der Waals surface area contributed by atoms with E-state index in [9.17, 15) is 24.0 Å². The number of nitrogens with one attached hydrogen (secondary N) is 2. The molecule has 2 aliphatic rings. The van der Waals surface area contributed by atoms with Gasteiger partial charge in [0.2, 0.25) is 11.8 Å². The van der Waals surface area contributed by atoms with Crippen molar-refractivity contribution >= 4 is 35.3 Å². The van der Waals surface area contributed by atoms with Crippen molar-refractivity contribution in [2.24, 2.45) is 0 Å². The number of aliphatic carboxylic acids is 1. The molecule has 12 heteroatoms. The zero-order valence-corrected chi connectivity index (χ0v) is 24.9. The third kappa shape index (κ3) is 11.3. The Morgan fingerprint density at radius 2 is 1.40 bits per heavy atom. The molecule has 2 heterocycles. The van der Waals surface area contributed by atoms with Gasteiger partial charge in [-0.3, -0.25) is 34.2 Å². The fraction of sp³-hybridized carbons (Fsp3) is 0.645. The number of carbonyl (C=O) groups excluding carboxylic acids is 4. The smallest absolute Gasteiger partial charge is 0.303 e. The lowest BCUT2D eigenvalue weighted by Gasteiger charge is -2.27. The number of ether oxygens (including phenoxy) is 3. The standard InChI is InChI=1S/C31H45N3O9/c35-26-15-14-25(29(38)33-26)34-30(39)23-11-10-12-24(28(23)31(34)40)32-16-3-5-18-42-20-7-9-22-43-21-8-6-19-41-17-4-1-2-13-27(36)37/h10-12,25,32H,1-9,13-22H2,(H,36,37)(H,33,35,38). The first-order valence-electron chi connectivity index (χ1n) is 15.4. The van der Waals surface area contributed by atoms with Crippen LogP contribution in [0.25, 0.3) is 0 Å². The van der Waals surface area contributed by atoms with Gasteiger partial charge in [-0.15, -0.1) is 0 Å². The molecule has 0 radical (unpaired) electrons. The molecule has 1 aromatic rings. The predicted molar refractivity (Wildman–Crippen MR) is 158 cm³/mol. The van der Waals surface area contributed by atoms with Crippen LogP contribution >= 0.6 is 0 Å². The van der Waals surface area contributed by atoms with Crippen molar-refractivity contribution < 1.29 is 43.3 Å². The maximum atomic E-state index is 13.1. The van der Waals surface area contributed by atoms with Crippen LogP contribution in [-0.4, -0.2) is 91.8 Å². The molecule has 1 atom stereocenters. The Balaban J connectivity index is 1.16. The van der Waals surface area contributed by atoms with Crippen LogP contribution in [-0.2, 0) is 28.6 Å². The number of anilines is 1. The molecule has 12 nitrogen and oxygen atoms in total. The summed E-state index contributed by atoms with van der Waals surface area (Å²) >= 11 is 0. The summed E-state index contributed by atoms with van der Waals surface area (Å²) in [4.78, 5) is 61.2. The van der Waals surface area contributed by atoms with Gasteiger partial charge in [0.15, 0.2) is 0 Å². The minimum absolute atomic E-state index is 0.0869. The Morgan fingerprint density at radius 3 is 1.98 bits per heavy atom. The molecule has 0 aromatic heterocycles. The van der Waals surface area contributed by atoms with Crippen LogP contribution in [0.3, 0.4) is 0 Å². The highest BCUT2D eigenvalue weighted by Crippen LogP contribution is 2.32. The van der Waals surface area contributed by atoms with E-state index in [1.807, 2.05) is 0 Å².